The van der Waals surface area contributed by atoms with Crippen LogP contribution in [0.1, 0.15) is 49.5 Å². The Morgan fingerprint density at radius 3 is 2.80 bits per heavy atom. The van der Waals surface area contributed by atoms with E-state index >= 15 is 0 Å². The summed E-state index contributed by atoms with van der Waals surface area (Å²) in [7, 11) is 0. The Kier molecular flexibility index (Phi) is 4.71. The Hall–Kier alpha value is -1.06. The molecule has 2 rings (SSSR count). The molecule has 1 fully saturated rings. The highest BCUT2D eigenvalue weighted by Gasteiger charge is 2.26. The van der Waals surface area contributed by atoms with E-state index in [0.29, 0.717) is 29.1 Å². The highest BCUT2D eigenvalue weighted by atomic mass is 35.5. The zero-order valence-corrected chi connectivity index (χ0v) is 13.1. The predicted molar refractivity (Wildman–Crippen MR) is 81.4 cm³/mol. The molecule has 1 aliphatic rings. The third-order valence-corrected chi connectivity index (χ3v) is 4.63. The number of benzene rings is 1. The summed E-state index contributed by atoms with van der Waals surface area (Å²) < 4.78 is 0. The van der Waals surface area contributed by atoms with Crippen LogP contribution in [-0.4, -0.2) is 28.4 Å². The average molecular weight is 296 g/mol. The molecule has 4 heteroatoms. The molecule has 0 aliphatic carbocycles. The normalized spacial score (nSPS) is 23.8. The highest BCUT2D eigenvalue weighted by Crippen LogP contribution is 2.31. The van der Waals surface area contributed by atoms with Gasteiger partial charge in [-0.3, -0.25) is 9.69 Å². The van der Waals surface area contributed by atoms with Crippen molar-refractivity contribution in [1.82, 2.24) is 4.90 Å². The van der Waals surface area contributed by atoms with Crippen LogP contribution in [-0.2, 0) is 6.54 Å². The van der Waals surface area contributed by atoms with Crippen LogP contribution in [0.4, 0.5) is 0 Å². The van der Waals surface area contributed by atoms with E-state index in [9.17, 15) is 9.90 Å². The number of hydrogen-bond donors (Lipinski definition) is 1. The van der Waals surface area contributed by atoms with Crippen molar-refractivity contribution in [3.8, 4) is 5.75 Å². The van der Waals surface area contributed by atoms with Gasteiger partial charge in [-0.2, -0.15) is 0 Å². The number of piperidine rings is 1. The van der Waals surface area contributed by atoms with E-state index in [1.807, 2.05) is 0 Å². The van der Waals surface area contributed by atoms with Gasteiger partial charge in [-0.05, 0) is 51.3 Å². The van der Waals surface area contributed by atoms with Gasteiger partial charge in [-0.1, -0.05) is 18.5 Å². The number of nitrogens with zero attached hydrogens (tertiary/aromatic N) is 1. The summed E-state index contributed by atoms with van der Waals surface area (Å²) in [5.41, 5.74) is 1.05. The van der Waals surface area contributed by atoms with E-state index in [4.69, 9.17) is 11.6 Å². The Labute approximate surface area is 125 Å². The predicted octanol–water partition coefficient (Wildman–Crippen LogP) is 3.87. The molecule has 1 N–H and O–H groups in total. The molecular formula is C16H22ClNO2. The van der Waals surface area contributed by atoms with Crippen LogP contribution < -0.4 is 0 Å². The highest BCUT2D eigenvalue weighted by molar-refractivity contribution is 6.31. The van der Waals surface area contributed by atoms with Crippen molar-refractivity contribution in [2.45, 2.75) is 46.2 Å². The standard InChI is InChI=1S/C16H22ClNO2/c1-10-5-4-6-18(11(10)2)9-13-7-14(17)8-15(12(3)19)16(13)20/h7-8,10-11,20H,4-6,9H2,1-3H3. The maximum absolute atomic E-state index is 11.5. The minimum atomic E-state index is -0.161. The van der Waals surface area contributed by atoms with Crippen molar-refractivity contribution in [3.05, 3.63) is 28.3 Å². The van der Waals surface area contributed by atoms with E-state index in [-0.39, 0.29) is 11.5 Å². The summed E-state index contributed by atoms with van der Waals surface area (Å²) in [5.74, 6) is 0.566. The first-order valence-electron chi connectivity index (χ1n) is 7.16. The van der Waals surface area contributed by atoms with E-state index in [1.165, 1.54) is 25.8 Å². The topological polar surface area (TPSA) is 40.5 Å². The number of carbonyl (C=O) groups is 1. The largest absolute Gasteiger partial charge is 0.507 e. The SMILES string of the molecule is CC(=O)c1cc(Cl)cc(CN2CCCC(C)C2C)c1O. The molecule has 0 bridgehead atoms. The molecule has 1 heterocycles. The van der Waals surface area contributed by atoms with Gasteiger partial charge in [0.1, 0.15) is 5.75 Å². The van der Waals surface area contributed by atoms with Crippen molar-refractivity contribution in [1.29, 1.82) is 0 Å². The van der Waals surface area contributed by atoms with Crippen molar-refractivity contribution < 1.29 is 9.90 Å². The fourth-order valence-corrected chi connectivity index (χ4v) is 3.15. The lowest BCUT2D eigenvalue weighted by molar-refractivity contribution is 0.100. The summed E-state index contributed by atoms with van der Waals surface area (Å²) in [6.45, 7) is 7.58. The van der Waals surface area contributed by atoms with Crippen LogP contribution in [0.25, 0.3) is 0 Å². The van der Waals surface area contributed by atoms with Crippen molar-refractivity contribution in [3.63, 3.8) is 0 Å². The number of halogens is 1. The molecule has 1 aromatic carbocycles. The Morgan fingerprint density at radius 2 is 2.15 bits per heavy atom. The van der Waals surface area contributed by atoms with Crippen LogP contribution >= 0.6 is 11.6 Å². The third kappa shape index (κ3) is 3.15. The number of hydrogen-bond acceptors (Lipinski definition) is 3. The fraction of sp³-hybridized carbons (Fsp3) is 0.562. The van der Waals surface area contributed by atoms with Gasteiger partial charge in [0.2, 0.25) is 0 Å². The molecular weight excluding hydrogens is 274 g/mol. The molecule has 0 saturated carbocycles. The van der Waals surface area contributed by atoms with Gasteiger partial charge in [-0.25, -0.2) is 0 Å². The molecule has 0 spiro atoms. The molecule has 3 nitrogen and oxygen atoms in total. The summed E-state index contributed by atoms with van der Waals surface area (Å²) in [6.07, 6.45) is 2.42. The first kappa shape index (κ1) is 15.3. The lowest BCUT2D eigenvalue weighted by Gasteiger charge is -2.38. The second-order valence-electron chi connectivity index (χ2n) is 5.85. The summed E-state index contributed by atoms with van der Waals surface area (Å²) in [6, 6.07) is 3.77. The minimum absolute atomic E-state index is 0.0762. The molecule has 20 heavy (non-hydrogen) atoms. The van der Waals surface area contributed by atoms with E-state index in [2.05, 4.69) is 18.7 Å². The maximum atomic E-state index is 11.5. The smallest absolute Gasteiger partial charge is 0.163 e. The minimum Gasteiger partial charge on any atom is -0.507 e. The van der Waals surface area contributed by atoms with Gasteiger partial charge >= 0.3 is 0 Å². The molecule has 110 valence electrons. The molecule has 0 amide bonds. The number of phenolic OH excluding ortho intramolecular Hbond substituents is 1. The van der Waals surface area contributed by atoms with E-state index in [0.717, 1.165) is 12.1 Å². The number of ketones is 1. The number of aromatic hydroxyl groups is 1. The second kappa shape index (κ2) is 6.15. The lowest BCUT2D eigenvalue weighted by atomic mass is 9.91. The lowest BCUT2D eigenvalue weighted by Crippen LogP contribution is -2.41. The summed E-state index contributed by atoms with van der Waals surface area (Å²) in [4.78, 5) is 13.9. The number of Topliss-reactive ketones (excluding diaryl/α,β-unsaturated/α-hetero) is 1. The molecule has 1 saturated heterocycles. The molecule has 1 aromatic rings. The van der Waals surface area contributed by atoms with E-state index < -0.39 is 0 Å². The second-order valence-corrected chi connectivity index (χ2v) is 6.28. The third-order valence-electron chi connectivity index (χ3n) is 4.41. The molecule has 0 radical (unpaired) electrons. The van der Waals surface area contributed by atoms with Crippen LogP contribution in [0.5, 0.6) is 5.75 Å². The van der Waals surface area contributed by atoms with Gasteiger partial charge in [-0.15, -0.1) is 0 Å². The molecule has 2 atom stereocenters. The Morgan fingerprint density at radius 1 is 1.45 bits per heavy atom. The van der Waals surface area contributed by atoms with Crippen LogP contribution in [0, 0.1) is 5.92 Å². The Balaban J connectivity index is 2.27. The van der Waals surface area contributed by atoms with Gasteiger partial charge in [0, 0.05) is 23.2 Å². The number of carbonyl (C=O) groups excluding carboxylic acids is 1. The molecule has 0 aromatic heterocycles. The van der Waals surface area contributed by atoms with Crippen LogP contribution in [0.2, 0.25) is 5.02 Å². The van der Waals surface area contributed by atoms with Crippen LogP contribution in [0.15, 0.2) is 12.1 Å². The monoisotopic (exact) mass is 295 g/mol. The van der Waals surface area contributed by atoms with Gasteiger partial charge in [0.25, 0.3) is 0 Å². The summed E-state index contributed by atoms with van der Waals surface area (Å²) in [5, 5.41) is 10.8. The van der Waals surface area contributed by atoms with E-state index in [1.54, 1.807) is 6.07 Å². The van der Waals surface area contributed by atoms with Gasteiger partial charge < -0.3 is 5.11 Å². The zero-order valence-electron chi connectivity index (χ0n) is 12.3. The van der Waals surface area contributed by atoms with Crippen molar-refractivity contribution >= 4 is 17.4 Å². The van der Waals surface area contributed by atoms with Crippen molar-refractivity contribution in [2.75, 3.05) is 6.54 Å². The maximum Gasteiger partial charge on any atom is 0.163 e. The number of rotatable bonds is 3. The first-order valence-corrected chi connectivity index (χ1v) is 7.54. The zero-order chi connectivity index (χ0) is 14.9. The summed E-state index contributed by atoms with van der Waals surface area (Å²) >= 11 is 6.07. The average Bonchev–Trinajstić information content (AvgIpc) is 2.38. The van der Waals surface area contributed by atoms with Crippen molar-refractivity contribution in [2.24, 2.45) is 5.92 Å². The number of phenols is 1. The Bertz CT molecular complexity index is 515. The fourth-order valence-electron chi connectivity index (χ4n) is 2.91. The molecule has 1 aliphatic heterocycles. The quantitative estimate of drug-likeness (QED) is 0.861. The number of likely N-dealkylation sites (tertiary alicyclic amines) is 1. The van der Waals surface area contributed by atoms with Gasteiger partial charge in [0.15, 0.2) is 5.78 Å². The van der Waals surface area contributed by atoms with Crippen LogP contribution in [0.3, 0.4) is 0 Å². The molecule has 2 unspecified atom stereocenters. The van der Waals surface area contributed by atoms with Gasteiger partial charge in [0.05, 0.1) is 5.56 Å². The first-order chi connectivity index (χ1) is 9.40.